The predicted molar refractivity (Wildman–Crippen MR) is 91.2 cm³/mol. The fourth-order valence-electron chi connectivity index (χ4n) is 2.01. The normalized spacial score (nSPS) is 11.5. The van der Waals surface area contributed by atoms with Crippen molar-refractivity contribution in [3.05, 3.63) is 51.7 Å². The first-order chi connectivity index (χ1) is 11.2. The maximum Gasteiger partial charge on any atom is 0.345 e. The van der Waals surface area contributed by atoms with E-state index in [1.807, 2.05) is 0 Å². The summed E-state index contributed by atoms with van der Waals surface area (Å²) in [5, 5.41) is 10.9. The van der Waals surface area contributed by atoms with Crippen molar-refractivity contribution >= 4 is 33.1 Å². The van der Waals surface area contributed by atoms with Gasteiger partial charge in [-0.15, -0.1) is 11.3 Å². The first-order valence-electron chi connectivity index (χ1n) is 7.16. The molecule has 24 heavy (non-hydrogen) atoms. The van der Waals surface area contributed by atoms with E-state index < -0.39 is 27.0 Å². The number of hydrogen-bond donors (Lipinski definition) is 2. The summed E-state index contributed by atoms with van der Waals surface area (Å²) < 4.78 is 24.7. The number of benzene rings is 1. The summed E-state index contributed by atoms with van der Waals surface area (Å²) in [6.45, 7) is 3.25. The second kappa shape index (κ2) is 7.14. The molecule has 0 aliphatic heterocycles. The van der Waals surface area contributed by atoms with Crippen LogP contribution >= 0.6 is 11.3 Å². The van der Waals surface area contributed by atoms with E-state index in [0.717, 1.165) is 11.3 Å². The number of rotatable bonds is 6. The number of hydrogen-bond acceptors (Lipinski definition) is 5. The lowest BCUT2D eigenvalue weighted by atomic mass is 10.2. The molecule has 0 radical (unpaired) electrons. The number of sulfone groups is 1. The Morgan fingerprint density at radius 3 is 2.42 bits per heavy atom. The highest BCUT2D eigenvalue weighted by molar-refractivity contribution is 7.92. The average molecular weight is 367 g/mol. The molecule has 0 spiro atoms. The highest BCUT2D eigenvalue weighted by Crippen LogP contribution is 2.21. The van der Waals surface area contributed by atoms with Crippen LogP contribution in [0.15, 0.2) is 41.3 Å². The van der Waals surface area contributed by atoms with Crippen LogP contribution in [-0.4, -0.2) is 30.7 Å². The minimum atomic E-state index is -3.58. The molecule has 2 rings (SSSR count). The minimum Gasteiger partial charge on any atom is -0.477 e. The second-order valence-corrected chi connectivity index (χ2v) is 8.98. The molecular weight excluding hydrogens is 350 g/mol. The summed E-state index contributed by atoms with van der Waals surface area (Å²) >= 11 is 1.06. The Morgan fingerprint density at radius 1 is 1.17 bits per heavy atom. The Hall–Kier alpha value is -2.19. The van der Waals surface area contributed by atoms with Gasteiger partial charge in [0.15, 0.2) is 9.84 Å². The first-order valence-corrected chi connectivity index (χ1v) is 9.53. The molecule has 1 heterocycles. The van der Waals surface area contributed by atoms with Crippen molar-refractivity contribution in [2.24, 2.45) is 0 Å². The molecule has 0 unspecified atom stereocenters. The maximum absolute atomic E-state index is 12.4. The first kappa shape index (κ1) is 18.2. The average Bonchev–Trinajstić information content (AvgIpc) is 3.01. The number of carbonyl (C=O) groups excluding carboxylic acids is 1. The van der Waals surface area contributed by atoms with Crippen molar-refractivity contribution in [3.63, 3.8) is 0 Å². The molecule has 2 N–H and O–H groups in total. The van der Waals surface area contributed by atoms with E-state index >= 15 is 0 Å². The summed E-state index contributed by atoms with van der Waals surface area (Å²) in [5.41, 5.74) is 0.0845. The van der Waals surface area contributed by atoms with Crippen molar-refractivity contribution in [3.8, 4) is 0 Å². The maximum atomic E-state index is 12.4. The van der Waals surface area contributed by atoms with Crippen LogP contribution in [0.25, 0.3) is 0 Å². The Kier molecular flexibility index (Phi) is 5.40. The molecular formula is C16H17NO5S2. The molecule has 0 bridgehead atoms. The van der Waals surface area contributed by atoms with Crippen molar-refractivity contribution in [1.29, 1.82) is 0 Å². The van der Waals surface area contributed by atoms with Gasteiger partial charge < -0.3 is 10.4 Å². The number of carbonyl (C=O) groups is 2. The van der Waals surface area contributed by atoms with Crippen molar-refractivity contribution in [1.82, 2.24) is 5.32 Å². The topological polar surface area (TPSA) is 101 Å². The number of aromatic carboxylic acids is 1. The van der Waals surface area contributed by atoms with Crippen LogP contribution in [0.1, 0.15) is 38.8 Å². The van der Waals surface area contributed by atoms with Crippen LogP contribution < -0.4 is 5.32 Å². The zero-order valence-electron chi connectivity index (χ0n) is 13.1. The lowest BCUT2D eigenvalue weighted by Crippen LogP contribution is -2.26. The SMILES string of the molecule is CC(C)S(=O)(=O)c1ccccc1C(=O)NCc1ccc(C(=O)O)s1. The summed E-state index contributed by atoms with van der Waals surface area (Å²) in [6, 6.07) is 9.13. The van der Waals surface area contributed by atoms with Crippen LogP contribution in [-0.2, 0) is 16.4 Å². The largest absolute Gasteiger partial charge is 0.477 e. The molecule has 128 valence electrons. The van der Waals surface area contributed by atoms with Crippen molar-refractivity contribution in [2.75, 3.05) is 0 Å². The number of amides is 1. The predicted octanol–water partition coefficient (Wildman–Crippen LogP) is 2.56. The van der Waals surface area contributed by atoms with E-state index in [2.05, 4.69) is 5.32 Å². The molecule has 0 saturated carbocycles. The van der Waals surface area contributed by atoms with Gasteiger partial charge in [-0.1, -0.05) is 12.1 Å². The van der Waals surface area contributed by atoms with Crippen LogP contribution in [0.3, 0.4) is 0 Å². The van der Waals surface area contributed by atoms with E-state index in [9.17, 15) is 18.0 Å². The smallest absolute Gasteiger partial charge is 0.345 e. The lowest BCUT2D eigenvalue weighted by Gasteiger charge is -2.12. The third kappa shape index (κ3) is 3.82. The molecule has 8 heteroatoms. The quantitative estimate of drug-likeness (QED) is 0.817. The Bertz CT molecular complexity index is 868. The van der Waals surface area contributed by atoms with E-state index in [-0.39, 0.29) is 21.9 Å². The fourth-order valence-corrected chi connectivity index (χ4v) is 4.04. The standard InChI is InChI=1S/C16H17NO5S2/c1-10(2)24(21,22)14-6-4-3-5-12(14)15(18)17-9-11-7-8-13(23-11)16(19)20/h3-8,10H,9H2,1-2H3,(H,17,18)(H,19,20). The van der Waals surface area contributed by atoms with Gasteiger partial charge in [0.25, 0.3) is 5.91 Å². The molecule has 2 aromatic rings. The van der Waals surface area contributed by atoms with Gasteiger partial charge in [-0.2, -0.15) is 0 Å². The number of thiophene rings is 1. The fraction of sp³-hybridized carbons (Fsp3) is 0.250. The third-order valence-corrected chi connectivity index (χ3v) is 6.64. The second-order valence-electron chi connectivity index (χ2n) is 5.34. The monoisotopic (exact) mass is 367 g/mol. The zero-order valence-corrected chi connectivity index (χ0v) is 14.8. The Labute approximate surface area is 144 Å². The number of nitrogens with one attached hydrogen (secondary N) is 1. The Balaban J connectivity index is 2.20. The molecule has 0 aliphatic carbocycles. The van der Waals surface area contributed by atoms with Crippen LogP contribution in [0, 0.1) is 0 Å². The zero-order chi connectivity index (χ0) is 17.9. The molecule has 1 aromatic carbocycles. The molecule has 0 fully saturated rings. The van der Waals surface area contributed by atoms with Gasteiger partial charge in [-0.3, -0.25) is 4.79 Å². The highest BCUT2D eigenvalue weighted by atomic mass is 32.2. The van der Waals surface area contributed by atoms with Crippen LogP contribution in [0.4, 0.5) is 0 Å². The van der Waals surface area contributed by atoms with Gasteiger partial charge in [-0.25, -0.2) is 13.2 Å². The molecule has 1 aromatic heterocycles. The highest BCUT2D eigenvalue weighted by Gasteiger charge is 2.25. The van der Waals surface area contributed by atoms with Gasteiger partial charge in [0, 0.05) is 4.88 Å². The lowest BCUT2D eigenvalue weighted by molar-refractivity contribution is 0.0702. The van der Waals surface area contributed by atoms with E-state index in [4.69, 9.17) is 5.11 Å². The van der Waals surface area contributed by atoms with Crippen molar-refractivity contribution in [2.45, 2.75) is 30.5 Å². The summed E-state index contributed by atoms with van der Waals surface area (Å²) in [7, 11) is -3.58. The van der Waals surface area contributed by atoms with Gasteiger partial charge in [0.05, 0.1) is 22.3 Å². The summed E-state index contributed by atoms with van der Waals surface area (Å²) in [6.07, 6.45) is 0. The van der Waals surface area contributed by atoms with Gasteiger partial charge in [-0.05, 0) is 38.1 Å². The molecule has 1 amide bonds. The Morgan fingerprint density at radius 2 is 1.83 bits per heavy atom. The van der Waals surface area contributed by atoms with Crippen LogP contribution in [0.5, 0.6) is 0 Å². The van der Waals surface area contributed by atoms with Gasteiger partial charge in [0.1, 0.15) is 4.88 Å². The molecule has 0 saturated heterocycles. The van der Waals surface area contributed by atoms with Gasteiger partial charge in [0.2, 0.25) is 0 Å². The van der Waals surface area contributed by atoms with E-state index in [1.165, 1.54) is 18.2 Å². The van der Waals surface area contributed by atoms with Gasteiger partial charge >= 0.3 is 5.97 Å². The van der Waals surface area contributed by atoms with Crippen molar-refractivity contribution < 1.29 is 23.1 Å². The number of carboxylic acids is 1. The summed E-state index contributed by atoms with van der Waals surface area (Å²) in [5.74, 6) is -1.54. The van der Waals surface area contributed by atoms with E-state index in [1.54, 1.807) is 32.0 Å². The minimum absolute atomic E-state index is 0.00472. The third-order valence-electron chi connectivity index (χ3n) is 3.35. The van der Waals surface area contributed by atoms with E-state index in [0.29, 0.717) is 4.88 Å². The number of carboxylic acid groups (broad SMARTS) is 1. The molecule has 0 aliphatic rings. The molecule has 0 atom stereocenters. The summed E-state index contributed by atoms with van der Waals surface area (Å²) in [4.78, 5) is 24.1. The van der Waals surface area contributed by atoms with Crippen LogP contribution in [0.2, 0.25) is 0 Å². The molecule has 6 nitrogen and oxygen atoms in total.